The van der Waals surface area contributed by atoms with E-state index in [1.165, 1.54) is 7.11 Å². The predicted octanol–water partition coefficient (Wildman–Crippen LogP) is 3.96. The van der Waals surface area contributed by atoms with Gasteiger partial charge in [-0.3, -0.25) is 4.79 Å². The summed E-state index contributed by atoms with van der Waals surface area (Å²) in [7, 11) is -5.00. The number of alkyl halides is 6. The van der Waals surface area contributed by atoms with Crippen LogP contribution in [-0.4, -0.2) is 56.5 Å². The van der Waals surface area contributed by atoms with Gasteiger partial charge in [0.25, 0.3) is 15.7 Å². The van der Waals surface area contributed by atoms with Crippen LogP contribution in [0.2, 0.25) is 10.0 Å². The third kappa shape index (κ3) is 6.16. The van der Waals surface area contributed by atoms with E-state index in [2.05, 4.69) is 9.84 Å². The van der Waals surface area contributed by atoms with Crippen LogP contribution in [-0.2, 0) is 30.3 Å². The number of carbonyl (C=O) groups is 1. The highest BCUT2D eigenvalue weighted by Crippen LogP contribution is 2.42. The normalized spacial score (nSPS) is 12.5. The molecule has 2 rings (SSSR count). The number of nitrogens with one attached hydrogen (secondary N) is 1. The van der Waals surface area contributed by atoms with E-state index in [0.717, 1.165) is 6.07 Å². The second-order valence-electron chi connectivity index (χ2n) is 6.38. The molecular weight excluding hydrogens is 557 g/mol. The molecule has 18 heteroatoms. The first kappa shape index (κ1) is 28.7. The molecule has 9 nitrogen and oxygen atoms in total. The molecule has 2 aromatic rings. The largest absolute Gasteiger partial charge is 0.502 e. The number of rotatable bonds is 8. The number of halogens is 8. The molecule has 1 N–H and O–H groups in total. The summed E-state index contributed by atoms with van der Waals surface area (Å²) in [4.78, 5) is 10.5. The molecule has 0 unspecified atom stereocenters. The number of nitriles is 1. The molecule has 0 aliphatic rings. The van der Waals surface area contributed by atoms with E-state index in [1.54, 1.807) is 0 Å². The number of methoxy groups -OCH3 is 1. The van der Waals surface area contributed by atoms with E-state index in [9.17, 15) is 44.8 Å². The number of aromatic nitrogens is 2. The second-order valence-corrected chi connectivity index (χ2v) is 9.07. The summed E-state index contributed by atoms with van der Waals surface area (Å²) in [5.41, 5.74) is -9.37. The number of hydrogen-bond acceptors (Lipinski definition) is 7. The predicted molar refractivity (Wildman–Crippen MR) is 108 cm³/mol. The molecule has 0 aliphatic carbocycles. The maximum Gasteiger partial charge on any atom is 0.502 e. The minimum absolute atomic E-state index is 0.0360. The van der Waals surface area contributed by atoms with E-state index in [-0.39, 0.29) is 17.9 Å². The van der Waals surface area contributed by atoms with Gasteiger partial charge in [-0.05, 0) is 12.1 Å². The zero-order valence-electron chi connectivity index (χ0n) is 17.1. The average Bonchev–Trinajstić information content (AvgIpc) is 3.07. The number of anilines is 1. The minimum atomic E-state index is -6.32. The first-order valence-electron chi connectivity index (χ1n) is 8.83. The van der Waals surface area contributed by atoms with Crippen molar-refractivity contribution in [2.24, 2.45) is 0 Å². The highest BCUT2D eigenvalue weighted by atomic mass is 35.5. The molecular formula is C17H12Cl2F6N4O5S. The monoisotopic (exact) mass is 568 g/mol. The van der Waals surface area contributed by atoms with E-state index in [0.29, 0.717) is 12.1 Å². The number of sulfone groups is 1. The lowest BCUT2D eigenvalue weighted by Gasteiger charge is -2.16. The fourth-order valence-corrected chi connectivity index (χ4v) is 4.14. The zero-order chi connectivity index (χ0) is 26.8. The molecule has 0 saturated heterocycles. The lowest BCUT2D eigenvalue weighted by atomic mass is 10.2. The molecule has 192 valence electrons. The molecule has 0 spiro atoms. The van der Waals surface area contributed by atoms with Crippen molar-refractivity contribution in [1.29, 1.82) is 5.26 Å². The van der Waals surface area contributed by atoms with Crippen molar-refractivity contribution in [3.8, 4) is 11.8 Å². The van der Waals surface area contributed by atoms with Gasteiger partial charge in [-0.15, -0.1) is 0 Å². The molecule has 0 bridgehead atoms. The quantitative estimate of drug-likeness (QED) is 0.377. The summed E-state index contributed by atoms with van der Waals surface area (Å²) in [6.45, 7) is -0.901. The van der Waals surface area contributed by atoms with Crippen molar-refractivity contribution in [3.63, 3.8) is 0 Å². The first-order valence-corrected chi connectivity index (χ1v) is 11.1. The Bertz CT molecular complexity index is 1250. The molecule has 0 aliphatic heterocycles. The second kappa shape index (κ2) is 10.6. The Kier molecular flexibility index (Phi) is 8.66. The van der Waals surface area contributed by atoms with Crippen molar-refractivity contribution in [3.05, 3.63) is 33.4 Å². The van der Waals surface area contributed by atoms with Gasteiger partial charge >= 0.3 is 11.7 Å². The Hall–Kier alpha value is -2.58. The molecule has 1 heterocycles. The minimum Gasteiger partial charge on any atom is -0.382 e. The van der Waals surface area contributed by atoms with Gasteiger partial charge in [-0.2, -0.15) is 36.7 Å². The Morgan fingerprint density at radius 1 is 1.17 bits per heavy atom. The van der Waals surface area contributed by atoms with Crippen LogP contribution < -0.4 is 5.32 Å². The molecule has 0 fully saturated rings. The Morgan fingerprint density at radius 3 is 2.20 bits per heavy atom. The van der Waals surface area contributed by atoms with Gasteiger partial charge in [-0.1, -0.05) is 23.2 Å². The highest BCUT2D eigenvalue weighted by molar-refractivity contribution is 7.92. The lowest BCUT2D eigenvalue weighted by molar-refractivity contribution is -0.137. The van der Waals surface area contributed by atoms with Crippen LogP contribution in [0.25, 0.3) is 5.69 Å². The summed E-state index contributed by atoms with van der Waals surface area (Å²) in [5.74, 6) is -2.45. The molecule has 0 saturated carbocycles. The Labute approximate surface area is 203 Å². The smallest absolute Gasteiger partial charge is 0.382 e. The number of nitrogens with zero attached hydrogens (tertiary/aromatic N) is 3. The van der Waals surface area contributed by atoms with Crippen LogP contribution in [0.5, 0.6) is 0 Å². The van der Waals surface area contributed by atoms with Gasteiger partial charge in [-0.25, -0.2) is 13.1 Å². The lowest BCUT2D eigenvalue weighted by Crippen LogP contribution is -2.27. The fourth-order valence-electron chi connectivity index (χ4n) is 2.53. The maximum atomic E-state index is 13.3. The number of benzene rings is 1. The van der Waals surface area contributed by atoms with Crippen LogP contribution in [0.15, 0.2) is 17.0 Å². The summed E-state index contributed by atoms with van der Waals surface area (Å²) >= 11 is 11.7. The van der Waals surface area contributed by atoms with Crippen LogP contribution in [0.4, 0.5) is 32.2 Å². The molecule has 0 atom stereocenters. The third-order valence-corrected chi connectivity index (χ3v) is 6.11. The van der Waals surface area contributed by atoms with Crippen LogP contribution in [0.1, 0.15) is 11.3 Å². The van der Waals surface area contributed by atoms with Crippen LogP contribution in [0.3, 0.4) is 0 Å². The van der Waals surface area contributed by atoms with Crippen LogP contribution in [0, 0.1) is 11.3 Å². The molecule has 1 aromatic carbocycles. The number of carbonyl (C=O) groups excluding carboxylic acids is 1. The number of amides is 1. The van der Waals surface area contributed by atoms with E-state index >= 15 is 0 Å². The first-order chi connectivity index (χ1) is 16.1. The average molecular weight is 569 g/mol. The number of ether oxygens (including phenoxy) is 2. The van der Waals surface area contributed by atoms with E-state index < -0.39 is 71.7 Å². The summed E-state index contributed by atoms with van der Waals surface area (Å²) < 4.78 is 113. The zero-order valence-corrected chi connectivity index (χ0v) is 19.4. The maximum absolute atomic E-state index is 13.3. The van der Waals surface area contributed by atoms with Crippen molar-refractivity contribution >= 4 is 44.8 Å². The van der Waals surface area contributed by atoms with Gasteiger partial charge in [0.2, 0.25) is 0 Å². The summed E-state index contributed by atoms with van der Waals surface area (Å²) in [5, 5.41) is 12.8. The molecule has 35 heavy (non-hydrogen) atoms. The van der Waals surface area contributed by atoms with Gasteiger partial charge in [0.05, 0.1) is 28.8 Å². The van der Waals surface area contributed by atoms with Gasteiger partial charge in [0.15, 0.2) is 16.4 Å². The Morgan fingerprint density at radius 2 is 1.74 bits per heavy atom. The van der Waals surface area contributed by atoms with E-state index in [1.807, 2.05) is 5.32 Å². The van der Waals surface area contributed by atoms with Crippen molar-refractivity contribution in [2.75, 3.05) is 32.2 Å². The molecule has 1 amide bonds. The fraction of sp³-hybridized carbons (Fsp3) is 0.353. The summed E-state index contributed by atoms with van der Waals surface area (Å²) in [6, 6.07) is 1.82. The standard InChI is InChI=1S/C17H12Cl2F6N4O5S/c1-33-2-3-34-7-12(30)27-15-14(35(31,32)17(23,24)25)11(6-26)28-29(15)13-9(18)4-8(5-10(13)19)16(20,21)22/h4-5H,2-3,7H2,1H3,(H,27,30). The molecule has 0 radical (unpaired) electrons. The SMILES string of the molecule is COCCOCC(=O)Nc1c(S(=O)(=O)C(F)(F)F)c(C#N)nn1-c1c(Cl)cc(C(F)(F)F)cc1Cl. The Balaban J connectivity index is 2.78. The summed E-state index contributed by atoms with van der Waals surface area (Å²) in [6.07, 6.45) is -4.92. The van der Waals surface area contributed by atoms with Crippen molar-refractivity contribution in [2.45, 2.75) is 16.6 Å². The van der Waals surface area contributed by atoms with E-state index in [4.69, 9.17) is 27.9 Å². The van der Waals surface area contributed by atoms with Gasteiger partial charge in [0, 0.05) is 7.11 Å². The van der Waals surface area contributed by atoms with Crippen molar-refractivity contribution in [1.82, 2.24) is 9.78 Å². The topological polar surface area (TPSA) is 123 Å². The van der Waals surface area contributed by atoms with Crippen LogP contribution >= 0.6 is 23.2 Å². The molecule has 1 aromatic heterocycles. The van der Waals surface area contributed by atoms with Gasteiger partial charge in [0.1, 0.15) is 18.4 Å². The number of hydrogen-bond donors (Lipinski definition) is 1. The van der Waals surface area contributed by atoms with Gasteiger partial charge < -0.3 is 14.8 Å². The highest BCUT2D eigenvalue weighted by Gasteiger charge is 2.51. The third-order valence-electron chi connectivity index (χ3n) is 4.00. The van der Waals surface area contributed by atoms with Crippen molar-refractivity contribution < 1.29 is 49.0 Å².